The molecular weight excluding hydrogens is 256 g/mol. The van der Waals surface area contributed by atoms with Crippen LogP contribution in [0.2, 0.25) is 0 Å². The molecule has 0 spiro atoms. The molecule has 0 saturated carbocycles. The van der Waals surface area contributed by atoms with Gasteiger partial charge < -0.3 is 4.74 Å². The first-order valence-corrected chi connectivity index (χ1v) is 6.50. The summed E-state index contributed by atoms with van der Waals surface area (Å²) in [6.45, 7) is 2.60. The molecule has 1 heterocycles. The quantitative estimate of drug-likeness (QED) is 0.598. The van der Waals surface area contributed by atoms with E-state index in [1.807, 2.05) is 6.07 Å². The number of rotatable bonds is 6. The molecule has 0 aliphatic rings. The molecule has 1 aromatic carbocycles. The molecule has 2 aromatic rings. The SMILES string of the molecule is CCc1ccnc(CCOc2ccc([N+](=O)[O-])cc2)c1. The molecule has 104 valence electrons. The van der Waals surface area contributed by atoms with Crippen molar-refractivity contribution in [1.82, 2.24) is 4.98 Å². The van der Waals surface area contributed by atoms with Gasteiger partial charge in [0.15, 0.2) is 0 Å². The molecule has 2 rings (SSSR count). The Morgan fingerprint density at radius 2 is 2.00 bits per heavy atom. The Morgan fingerprint density at radius 3 is 2.65 bits per heavy atom. The molecule has 0 aliphatic heterocycles. The van der Waals surface area contributed by atoms with Crippen molar-refractivity contribution in [2.24, 2.45) is 0 Å². The Bertz CT molecular complexity index is 582. The van der Waals surface area contributed by atoms with Crippen molar-refractivity contribution < 1.29 is 9.66 Å². The number of non-ortho nitro benzene ring substituents is 1. The number of hydrogen-bond acceptors (Lipinski definition) is 4. The first-order chi connectivity index (χ1) is 9.69. The number of aryl methyl sites for hydroxylation is 1. The molecule has 20 heavy (non-hydrogen) atoms. The summed E-state index contributed by atoms with van der Waals surface area (Å²) in [6.07, 6.45) is 3.50. The first kappa shape index (κ1) is 14.0. The number of nitrogens with zero attached hydrogens (tertiary/aromatic N) is 2. The normalized spacial score (nSPS) is 10.2. The average Bonchev–Trinajstić information content (AvgIpc) is 2.48. The Hall–Kier alpha value is -2.43. The van der Waals surface area contributed by atoms with Crippen molar-refractivity contribution in [2.45, 2.75) is 19.8 Å². The number of hydrogen-bond donors (Lipinski definition) is 0. The maximum Gasteiger partial charge on any atom is 0.269 e. The van der Waals surface area contributed by atoms with E-state index in [-0.39, 0.29) is 5.69 Å². The van der Waals surface area contributed by atoms with Crippen LogP contribution < -0.4 is 4.74 Å². The van der Waals surface area contributed by atoms with Crippen molar-refractivity contribution in [3.8, 4) is 5.75 Å². The molecule has 0 saturated heterocycles. The van der Waals surface area contributed by atoms with E-state index in [1.54, 1.807) is 18.3 Å². The fourth-order valence-corrected chi connectivity index (χ4v) is 1.82. The van der Waals surface area contributed by atoms with E-state index in [0.29, 0.717) is 18.8 Å². The largest absolute Gasteiger partial charge is 0.493 e. The highest BCUT2D eigenvalue weighted by Crippen LogP contribution is 2.17. The van der Waals surface area contributed by atoms with Crippen LogP contribution in [0.5, 0.6) is 5.75 Å². The van der Waals surface area contributed by atoms with Gasteiger partial charge in [0.25, 0.3) is 5.69 Å². The standard InChI is InChI=1S/C15H16N2O3/c1-2-12-7-9-16-13(11-12)8-10-20-15-5-3-14(4-6-15)17(18)19/h3-7,9,11H,2,8,10H2,1H3. The number of aromatic nitrogens is 1. The maximum absolute atomic E-state index is 10.5. The molecule has 0 amide bonds. The van der Waals surface area contributed by atoms with Crippen LogP contribution in [0.1, 0.15) is 18.2 Å². The lowest BCUT2D eigenvalue weighted by Gasteiger charge is -2.06. The number of nitro benzene ring substituents is 1. The van der Waals surface area contributed by atoms with E-state index in [0.717, 1.165) is 12.1 Å². The van der Waals surface area contributed by atoms with Crippen molar-refractivity contribution in [3.05, 3.63) is 64.0 Å². The number of ether oxygens (including phenoxy) is 1. The highest BCUT2D eigenvalue weighted by atomic mass is 16.6. The van der Waals surface area contributed by atoms with Crippen molar-refractivity contribution in [2.75, 3.05) is 6.61 Å². The van der Waals surface area contributed by atoms with Crippen molar-refractivity contribution in [3.63, 3.8) is 0 Å². The van der Waals surface area contributed by atoms with Crippen LogP contribution >= 0.6 is 0 Å². The summed E-state index contributed by atoms with van der Waals surface area (Å²) in [4.78, 5) is 14.4. The van der Waals surface area contributed by atoms with E-state index < -0.39 is 4.92 Å². The minimum atomic E-state index is -0.427. The van der Waals surface area contributed by atoms with Gasteiger partial charge in [-0.2, -0.15) is 0 Å². The van der Waals surface area contributed by atoms with Crippen molar-refractivity contribution >= 4 is 5.69 Å². The fourth-order valence-electron chi connectivity index (χ4n) is 1.82. The topological polar surface area (TPSA) is 65.3 Å². The highest BCUT2D eigenvalue weighted by molar-refractivity contribution is 5.36. The summed E-state index contributed by atoms with van der Waals surface area (Å²) in [6, 6.07) is 10.2. The summed E-state index contributed by atoms with van der Waals surface area (Å²) in [5.74, 6) is 0.627. The molecule has 0 fully saturated rings. The van der Waals surface area contributed by atoms with Crippen LogP contribution in [0.4, 0.5) is 5.69 Å². The Kier molecular flexibility index (Phi) is 4.65. The average molecular weight is 272 g/mol. The molecule has 0 atom stereocenters. The number of pyridine rings is 1. The summed E-state index contributed by atoms with van der Waals surface area (Å²) >= 11 is 0. The Morgan fingerprint density at radius 1 is 1.25 bits per heavy atom. The molecule has 0 unspecified atom stereocenters. The second-order valence-corrected chi connectivity index (χ2v) is 4.36. The molecule has 5 heteroatoms. The molecule has 1 aromatic heterocycles. The van der Waals surface area contributed by atoms with Gasteiger partial charge in [0.2, 0.25) is 0 Å². The van der Waals surface area contributed by atoms with Crippen molar-refractivity contribution in [1.29, 1.82) is 0 Å². The molecule has 0 aliphatic carbocycles. The maximum atomic E-state index is 10.5. The third-order valence-corrected chi connectivity index (χ3v) is 2.96. The predicted octanol–water partition coefficient (Wildman–Crippen LogP) is 3.17. The highest BCUT2D eigenvalue weighted by Gasteiger charge is 2.04. The zero-order chi connectivity index (χ0) is 14.4. The zero-order valence-corrected chi connectivity index (χ0v) is 11.3. The van der Waals surface area contributed by atoms with Crippen LogP contribution in [-0.2, 0) is 12.8 Å². The van der Waals surface area contributed by atoms with Gasteiger partial charge in [0, 0.05) is 30.4 Å². The van der Waals surface area contributed by atoms with Gasteiger partial charge >= 0.3 is 0 Å². The third kappa shape index (κ3) is 3.78. The Balaban J connectivity index is 1.87. The lowest BCUT2D eigenvalue weighted by atomic mass is 10.1. The molecule has 5 nitrogen and oxygen atoms in total. The van der Waals surface area contributed by atoms with E-state index >= 15 is 0 Å². The zero-order valence-electron chi connectivity index (χ0n) is 11.3. The second-order valence-electron chi connectivity index (χ2n) is 4.36. The first-order valence-electron chi connectivity index (χ1n) is 6.50. The lowest BCUT2D eigenvalue weighted by Crippen LogP contribution is -2.03. The minimum Gasteiger partial charge on any atom is -0.493 e. The van der Waals surface area contributed by atoms with E-state index in [1.165, 1.54) is 17.7 Å². The predicted molar refractivity (Wildman–Crippen MR) is 75.9 cm³/mol. The van der Waals surface area contributed by atoms with Crippen LogP contribution in [0.3, 0.4) is 0 Å². The van der Waals surface area contributed by atoms with Gasteiger partial charge in [-0.15, -0.1) is 0 Å². The lowest BCUT2D eigenvalue weighted by molar-refractivity contribution is -0.384. The van der Waals surface area contributed by atoms with E-state index in [4.69, 9.17) is 4.74 Å². The molecular formula is C15H16N2O3. The van der Waals surface area contributed by atoms with E-state index in [9.17, 15) is 10.1 Å². The molecule has 0 bridgehead atoms. The summed E-state index contributed by atoms with van der Waals surface area (Å²) in [7, 11) is 0. The summed E-state index contributed by atoms with van der Waals surface area (Å²) < 4.78 is 5.56. The third-order valence-electron chi connectivity index (χ3n) is 2.96. The van der Waals surface area contributed by atoms with Gasteiger partial charge in [-0.1, -0.05) is 6.92 Å². The van der Waals surface area contributed by atoms with Gasteiger partial charge in [-0.25, -0.2) is 0 Å². The Labute approximate surface area is 117 Å². The minimum absolute atomic E-state index is 0.0645. The fraction of sp³-hybridized carbons (Fsp3) is 0.267. The van der Waals surface area contributed by atoms with Crippen LogP contribution in [-0.4, -0.2) is 16.5 Å². The monoisotopic (exact) mass is 272 g/mol. The van der Waals surface area contributed by atoms with Crippen LogP contribution in [0.15, 0.2) is 42.6 Å². The van der Waals surface area contributed by atoms with Gasteiger partial charge in [0.05, 0.1) is 11.5 Å². The molecule has 0 N–H and O–H groups in total. The number of nitro groups is 1. The van der Waals surface area contributed by atoms with Crippen LogP contribution in [0, 0.1) is 10.1 Å². The molecule has 0 radical (unpaired) electrons. The van der Waals surface area contributed by atoms with Gasteiger partial charge in [-0.3, -0.25) is 15.1 Å². The summed E-state index contributed by atoms with van der Waals surface area (Å²) in [5, 5.41) is 10.5. The van der Waals surface area contributed by atoms with Crippen LogP contribution in [0.25, 0.3) is 0 Å². The van der Waals surface area contributed by atoms with Gasteiger partial charge in [-0.05, 0) is 36.2 Å². The smallest absolute Gasteiger partial charge is 0.269 e. The number of benzene rings is 1. The van der Waals surface area contributed by atoms with E-state index in [2.05, 4.69) is 18.0 Å². The summed E-state index contributed by atoms with van der Waals surface area (Å²) in [5.41, 5.74) is 2.31. The van der Waals surface area contributed by atoms with Gasteiger partial charge in [0.1, 0.15) is 5.75 Å². The second kappa shape index (κ2) is 6.65.